The van der Waals surface area contributed by atoms with Gasteiger partial charge in [0, 0.05) is 57.9 Å². The summed E-state index contributed by atoms with van der Waals surface area (Å²) >= 11 is 0. The molecular weight excluding hydrogens is 644 g/mol. The number of carbonyl (C=O) groups is 2. The third-order valence-electron chi connectivity index (χ3n) is 10.3. The van der Waals surface area contributed by atoms with Crippen molar-refractivity contribution in [3.05, 3.63) is 0 Å². The average Bonchev–Trinajstić information content (AvgIpc) is 2.98. The highest BCUT2D eigenvalue weighted by Gasteiger charge is 2.47. The van der Waals surface area contributed by atoms with Crippen molar-refractivity contribution in [2.24, 2.45) is 0 Å². The van der Waals surface area contributed by atoms with E-state index in [4.69, 9.17) is 15.0 Å². The molecule has 0 bridgehead atoms. The molecular formula is C37H72N12O2. The van der Waals surface area contributed by atoms with Gasteiger partial charge < -0.3 is 35.1 Å². The molecule has 14 heteroatoms. The molecule has 292 valence electrons. The van der Waals surface area contributed by atoms with Crippen LogP contribution in [0, 0.1) is 0 Å². The van der Waals surface area contributed by atoms with Crippen molar-refractivity contribution in [1.82, 2.24) is 45.6 Å². The lowest BCUT2D eigenvalue weighted by atomic mass is 9.89. The van der Waals surface area contributed by atoms with Crippen molar-refractivity contribution in [2.75, 3.05) is 95.7 Å². The molecule has 0 aromatic carbocycles. The van der Waals surface area contributed by atoms with Gasteiger partial charge in [-0.25, -0.2) is 0 Å². The summed E-state index contributed by atoms with van der Waals surface area (Å²) in [4.78, 5) is 52.4. The Morgan fingerprint density at radius 2 is 1.08 bits per heavy atom. The van der Waals surface area contributed by atoms with E-state index in [0.29, 0.717) is 50.6 Å². The molecule has 14 nitrogen and oxygen atoms in total. The van der Waals surface area contributed by atoms with Crippen molar-refractivity contribution >= 4 is 29.7 Å². The lowest BCUT2D eigenvalue weighted by Crippen LogP contribution is -2.71. The predicted octanol–water partition coefficient (Wildman–Crippen LogP) is 2.62. The topological polar surface area (TPSA) is 137 Å². The van der Waals surface area contributed by atoms with E-state index in [0.717, 1.165) is 32.5 Å². The molecule has 0 saturated carbocycles. The smallest absolute Gasteiger partial charge is 0.242 e. The maximum Gasteiger partial charge on any atom is 0.242 e. The minimum absolute atomic E-state index is 0.0771. The summed E-state index contributed by atoms with van der Waals surface area (Å²) in [5, 5.41) is 13.7. The highest BCUT2D eigenvalue weighted by molar-refractivity contribution is 5.87. The molecule has 0 aliphatic carbocycles. The first-order valence-corrected chi connectivity index (χ1v) is 18.7. The lowest BCUT2D eigenvalue weighted by molar-refractivity contribution is -0.144. The first-order valence-electron chi connectivity index (χ1n) is 18.7. The molecule has 0 radical (unpaired) electrons. The van der Waals surface area contributed by atoms with Crippen molar-refractivity contribution in [2.45, 2.75) is 129 Å². The van der Waals surface area contributed by atoms with Gasteiger partial charge >= 0.3 is 0 Å². The fraction of sp³-hybridized carbons (Fsp3) is 0.865. The SMILES string of the molecule is CNCCCN(C)CCCNc1nc(N(C)C(C)(C)CN2CC(C)(C)NC(C)(C)C2=O)nc(N(C)C(C)(C)CN2CC(C)(C)NC(C)(C)C2=O)n1. The van der Waals surface area contributed by atoms with Crippen LogP contribution < -0.4 is 31.1 Å². The van der Waals surface area contributed by atoms with Gasteiger partial charge in [-0.05, 0) is 130 Å². The second-order valence-electron chi connectivity index (χ2n) is 18.6. The molecule has 2 fully saturated rings. The number of nitrogens with zero attached hydrogens (tertiary/aromatic N) is 8. The normalized spacial score (nSPS) is 20.2. The Morgan fingerprint density at radius 3 is 1.47 bits per heavy atom. The van der Waals surface area contributed by atoms with Crippen LogP contribution in [-0.2, 0) is 9.59 Å². The van der Waals surface area contributed by atoms with Crippen molar-refractivity contribution < 1.29 is 9.59 Å². The Hall–Kier alpha value is -2.81. The summed E-state index contributed by atoms with van der Waals surface area (Å²) in [6.45, 7) is 30.7. The number of carbonyl (C=O) groups excluding carboxylic acids is 2. The summed E-state index contributed by atoms with van der Waals surface area (Å²) < 4.78 is 0. The van der Waals surface area contributed by atoms with Crippen molar-refractivity contribution in [3.8, 4) is 0 Å². The fourth-order valence-corrected chi connectivity index (χ4v) is 7.63. The van der Waals surface area contributed by atoms with Crippen molar-refractivity contribution in [1.29, 1.82) is 0 Å². The van der Waals surface area contributed by atoms with E-state index in [1.165, 1.54) is 0 Å². The van der Waals surface area contributed by atoms with Crippen LogP contribution in [0.4, 0.5) is 17.8 Å². The van der Waals surface area contributed by atoms with Gasteiger partial charge in [-0.2, -0.15) is 15.0 Å². The number of amides is 2. The first kappa shape index (κ1) is 42.6. The van der Waals surface area contributed by atoms with Gasteiger partial charge in [0.1, 0.15) is 0 Å². The monoisotopic (exact) mass is 717 g/mol. The molecule has 0 spiro atoms. The molecule has 4 N–H and O–H groups in total. The van der Waals surface area contributed by atoms with Crippen LogP contribution in [0.25, 0.3) is 0 Å². The van der Waals surface area contributed by atoms with Crippen LogP contribution in [0.5, 0.6) is 0 Å². The Labute approximate surface area is 309 Å². The summed E-state index contributed by atoms with van der Waals surface area (Å²) in [6, 6.07) is 0. The summed E-state index contributed by atoms with van der Waals surface area (Å²) in [7, 11) is 8.11. The van der Waals surface area contributed by atoms with E-state index in [9.17, 15) is 9.59 Å². The van der Waals surface area contributed by atoms with Crippen LogP contribution >= 0.6 is 0 Å². The molecule has 51 heavy (non-hydrogen) atoms. The third kappa shape index (κ3) is 11.1. The molecule has 2 aliphatic rings. The van der Waals surface area contributed by atoms with Gasteiger partial charge in [-0.15, -0.1) is 0 Å². The van der Waals surface area contributed by atoms with Crippen LogP contribution in [0.2, 0.25) is 0 Å². The Balaban J connectivity index is 1.91. The average molecular weight is 717 g/mol. The minimum Gasteiger partial charge on any atom is -0.354 e. The quantitative estimate of drug-likeness (QED) is 0.177. The predicted molar refractivity (Wildman–Crippen MR) is 210 cm³/mol. The number of hydrogen-bond acceptors (Lipinski definition) is 12. The fourth-order valence-electron chi connectivity index (χ4n) is 7.63. The number of nitrogens with one attached hydrogen (secondary N) is 4. The summed E-state index contributed by atoms with van der Waals surface area (Å²) in [6.07, 6.45) is 2.04. The molecule has 3 heterocycles. The van der Waals surface area contributed by atoms with Gasteiger partial charge in [0.05, 0.1) is 22.2 Å². The molecule has 0 atom stereocenters. The standard InChI is InChI=1S/C37H72N12O2/c1-32(2)23-48(27(50)36(9,10)43-32)25-34(5,6)46(15)30-40-29(39-20-18-22-45(14)21-17-19-38-13)41-31(42-30)47(16)35(7,8)26-49-24-33(3,4)44-37(11,12)28(49)51/h38,43-44H,17-26H2,1-16H3,(H,39,40,41,42). The zero-order valence-corrected chi connectivity index (χ0v) is 35.0. The van der Waals surface area contributed by atoms with E-state index in [-0.39, 0.29) is 22.9 Å². The van der Waals surface area contributed by atoms with E-state index in [1.54, 1.807) is 0 Å². The zero-order chi connectivity index (χ0) is 38.8. The van der Waals surface area contributed by atoms with Gasteiger partial charge in [0.2, 0.25) is 29.7 Å². The maximum atomic E-state index is 13.6. The van der Waals surface area contributed by atoms with E-state index < -0.39 is 22.2 Å². The molecule has 2 saturated heterocycles. The van der Waals surface area contributed by atoms with Crippen LogP contribution in [0.15, 0.2) is 0 Å². The van der Waals surface area contributed by atoms with Gasteiger partial charge in [-0.3, -0.25) is 20.2 Å². The highest BCUT2D eigenvalue weighted by Crippen LogP contribution is 2.30. The molecule has 1 aromatic heterocycles. The molecule has 3 rings (SSSR count). The van der Waals surface area contributed by atoms with E-state index >= 15 is 0 Å². The van der Waals surface area contributed by atoms with Gasteiger partial charge in [-0.1, -0.05) is 0 Å². The minimum atomic E-state index is -0.667. The Morgan fingerprint density at radius 1 is 0.686 bits per heavy atom. The zero-order valence-electron chi connectivity index (χ0n) is 35.0. The van der Waals surface area contributed by atoms with Gasteiger partial charge in [0.25, 0.3) is 0 Å². The number of rotatable bonds is 17. The van der Waals surface area contributed by atoms with Crippen LogP contribution in [0.3, 0.4) is 0 Å². The number of likely N-dealkylation sites (N-methyl/N-ethyl adjacent to an activating group) is 2. The summed E-state index contributed by atoms with van der Waals surface area (Å²) in [5.41, 5.74) is -2.81. The maximum absolute atomic E-state index is 13.6. The van der Waals surface area contributed by atoms with Crippen LogP contribution in [0.1, 0.15) is 95.9 Å². The van der Waals surface area contributed by atoms with Crippen LogP contribution in [-0.4, -0.2) is 155 Å². The Kier molecular flexibility index (Phi) is 13.1. The highest BCUT2D eigenvalue weighted by atomic mass is 16.2. The number of piperazine rings is 2. The molecule has 0 unspecified atom stereocenters. The largest absolute Gasteiger partial charge is 0.354 e. The third-order valence-corrected chi connectivity index (χ3v) is 10.3. The Bertz CT molecular complexity index is 1270. The second kappa shape index (κ2) is 15.7. The van der Waals surface area contributed by atoms with Gasteiger partial charge in [0.15, 0.2) is 0 Å². The molecule has 1 aromatic rings. The molecule has 2 aliphatic heterocycles. The summed E-state index contributed by atoms with van der Waals surface area (Å²) in [5.74, 6) is 1.68. The molecule has 2 amide bonds. The number of anilines is 3. The van der Waals surface area contributed by atoms with Crippen molar-refractivity contribution in [3.63, 3.8) is 0 Å². The number of aromatic nitrogens is 3. The van der Waals surface area contributed by atoms with E-state index in [1.807, 2.05) is 58.6 Å². The second-order valence-corrected chi connectivity index (χ2v) is 18.6. The lowest BCUT2D eigenvalue weighted by Gasteiger charge is -2.50. The number of hydrogen-bond donors (Lipinski definition) is 4. The first-order chi connectivity index (χ1) is 23.2. The van der Waals surface area contributed by atoms with E-state index in [2.05, 4.69) is 98.4 Å².